The molecule has 0 amide bonds. The minimum Gasteiger partial charge on any atom is -0.495 e. The highest BCUT2D eigenvalue weighted by molar-refractivity contribution is 5.26. The molecule has 0 spiro atoms. The zero-order chi connectivity index (χ0) is 8.10. The Bertz CT molecular complexity index is 223. The van der Waals surface area contributed by atoms with E-state index in [0.29, 0.717) is 0 Å². The van der Waals surface area contributed by atoms with E-state index in [1.54, 1.807) is 13.3 Å². The number of ether oxygens (including phenoxy) is 1. The van der Waals surface area contributed by atoms with Gasteiger partial charge in [0.15, 0.2) is 0 Å². The van der Waals surface area contributed by atoms with E-state index < -0.39 is 0 Å². The van der Waals surface area contributed by atoms with Crippen molar-refractivity contribution < 1.29 is 4.74 Å². The monoisotopic (exact) mass is 150 g/mol. The number of hydrogen-bond acceptors (Lipinski definition) is 2. The SMILES string of the molecule is [CH2]CCc1ncccc1OC. The fourth-order valence-corrected chi connectivity index (χ4v) is 0.964. The summed E-state index contributed by atoms with van der Waals surface area (Å²) in [4.78, 5) is 4.17. The molecule has 0 aliphatic heterocycles. The van der Waals surface area contributed by atoms with Gasteiger partial charge in [0.25, 0.3) is 0 Å². The van der Waals surface area contributed by atoms with Gasteiger partial charge in [0, 0.05) is 6.20 Å². The molecule has 0 bridgehead atoms. The Kier molecular flexibility index (Phi) is 2.90. The van der Waals surface area contributed by atoms with E-state index in [9.17, 15) is 0 Å². The third-order valence-corrected chi connectivity index (χ3v) is 1.48. The van der Waals surface area contributed by atoms with E-state index in [-0.39, 0.29) is 0 Å². The van der Waals surface area contributed by atoms with Gasteiger partial charge >= 0.3 is 0 Å². The average Bonchev–Trinajstić information content (AvgIpc) is 2.06. The Labute approximate surface area is 67.2 Å². The van der Waals surface area contributed by atoms with Crippen LogP contribution in [0.3, 0.4) is 0 Å². The van der Waals surface area contributed by atoms with Crippen LogP contribution in [0.4, 0.5) is 0 Å². The molecule has 0 unspecified atom stereocenters. The molecule has 2 heteroatoms. The molecule has 59 valence electrons. The standard InChI is InChI=1S/C9H12NO/c1-3-5-8-9(11-2)6-4-7-10-8/h4,6-7H,1,3,5H2,2H3. The van der Waals surface area contributed by atoms with Crippen molar-refractivity contribution >= 4 is 0 Å². The molecule has 0 saturated carbocycles. The maximum Gasteiger partial charge on any atom is 0.140 e. The quantitative estimate of drug-likeness (QED) is 0.656. The Hall–Kier alpha value is -1.05. The Morgan fingerprint density at radius 3 is 3.09 bits per heavy atom. The zero-order valence-electron chi connectivity index (χ0n) is 6.71. The first-order valence-corrected chi connectivity index (χ1v) is 3.65. The van der Waals surface area contributed by atoms with Crippen LogP contribution in [0.25, 0.3) is 0 Å². The van der Waals surface area contributed by atoms with E-state index in [4.69, 9.17) is 4.74 Å². The Balaban J connectivity index is 2.83. The lowest BCUT2D eigenvalue weighted by Gasteiger charge is -2.04. The van der Waals surface area contributed by atoms with Gasteiger partial charge < -0.3 is 4.74 Å². The summed E-state index contributed by atoms with van der Waals surface area (Å²) >= 11 is 0. The lowest BCUT2D eigenvalue weighted by atomic mass is 10.2. The lowest BCUT2D eigenvalue weighted by molar-refractivity contribution is 0.407. The maximum atomic E-state index is 5.11. The molecule has 1 aromatic rings. The van der Waals surface area contributed by atoms with Crippen LogP contribution in [0, 0.1) is 6.92 Å². The van der Waals surface area contributed by atoms with Crippen LogP contribution in [0.5, 0.6) is 5.75 Å². The normalized spacial score (nSPS) is 9.64. The lowest BCUT2D eigenvalue weighted by Crippen LogP contribution is -1.93. The summed E-state index contributed by atoms with van der Waals surface area (Å²) in [5, 5.41) is 0. The second-order valence-corrected chi connectivity index (χ2v) is 2.26. The van der Waals surface area contributed by atoms with Gasteiger partial charge in [0.2, 0.25) is 0 Å². The van der Waals surface area contributed by atoms with Gasteiger partial charge in [-0.2, -0.15) is 0 Å². The van der Waals surface area contributed by atoms with Crippen molar-refractivity contribution in [2.45, 2.75) is 12.8 Å². The summed E-state index contributed by atoms with van der Waals surface area (Å²) in [6.07, 6.45) is 3.50. The average molecular weight is 150 g/mol. The third-order valence-electron chi connectivity index (χ3n) is 1.48. The predicted molar refractivity (Wildman–Crippen MR) is 44.5 cm³/mol. The van der Waals surface area contributed by atoms with Gasteiger partial charge in [-0.25, -0.2) is 0 Å². The van der Waals surface area contributed by atoms with Crippen LogP contribution in [-0.2, 0) is 6.42 Å². The molecule has 11 heavy (non-hydrogen) atoms. The Morgan fingerprint density at radius 1 is 1.64 bits per heavy atom. The summed E-state index contributed by atoms with van der Waals surface area (Å²) in [6, 6.07) is 3.78. The fraction of sp³-hybridized carbons (Fsp3) is 0.333. The van der Waals surface area contributed by atoms with Gasteiger partial charge in [0.05, 0.1) is 12.8 Å². The molecular weight excluding hydrogens is 138 g/mol. The van der Waals surface area contributed by atoms with Crippen LogP contribution < -0.4 is 4.74 Å². The van der Waals surface area contributed by atoms with Crippen LogP contribution in [-0.4, -0.2) is 12.1 Å². The van der Waals surface area contributed by atoms with Crippen molar-refractivity contribution in [1.82, 2.24) is 4.98 Å². The first kappa shape index (κ1) is 8.05. The number of aromatic nitrogens is 1. The second-order valence-electron chi connectivity index (χ2n) is 2.26. The third kappa shape index (κ3) is 1.93. The fourth-order valence-electron chi connectivity index (χ4n) is 0.964. The van der Waals surface area contributed by atoms with E-state index in [2.05, 4.69) is 11.9 Å². The van der Waals surface area contributed by atoms with E-state index in [1.807, 2.05) is 12.1 Å². The second kappa shape index (κ2) is 3.96. The van der Waals surface area contributed by atoms with Gasteiger partial charge in [-0.3, -0.25) is 4.98 Å². The molecule has 0 aromatic carbocycles. The van der Waals surface area contributed by atoms with Crippen molar-refractivity contribution in [3.05, 3.63) is 30.9 Å². The summed E-state index contributed by atoms with van der Waals surface area (Å²) in [6.45, 7) is 3.76. The Morgan fingerprint density at radius 2 is 2.45 bits per heavy atom. The summed E-state index contributed by atoms with van der Waals surface area (Å²) in [7, 11) is 1.66. The molecule has 2 nitrogen and oxygen atoms in total. The molecule has 1 radical (unpaired) electrons. The minimum atomic E-state index is 0.855. The minimum absolute atomic E-state index is 0.855. The van der Waals surface area contributed by atoms with E-state index >= 15 is 0 Å². The number of rotatable bonds is 3. The largest absolute Gasteiger partial charge is 0.495 e. The van der Waals surface area contributed by atoms with E-state index in [0.717, 1.165) is 24.3 Å². The number of aryl methyl sites for hydroxylation is 1. The van der Waals surface area contributed by atoms with Crippen molar-refractivity contribution in [3.8, 4) is 5.75 Å². The smallest absolute Gasteiger partial charge is 0.140 e. The molecule has 0 fully saturated rings. The van der Waals surface area contributed by atoms with Crippen LogP contribution in [0.1, 0.15) is 12.1 Å². The molecular formula is C9H12NO. The first-order chi connectivity index (χ1) is 5.38. The molecule has 0 aliphatic carbocycles. The van der Waals surface area contributed by atoms with Crippen molar-refractivity contribution in [1.29, 1.82) is 0 Å². The topological polar surface area (TPSA) is 22.1 Å². The number of pyridine rings is 1. The van der Waals surface area contributed by atoms with Gasteiger partial charge in [-0.15, -0.1) is 0 Å². The van der Waals surface area contributed by atoms with Gasteiger partial charge in [0.1, 0.15) is 5.75 Å². The molecule has 0 N–H and O–H groups in total. The molecule has 0 aliphatic rings. The number of hydrogen-bond donors (Lipinski definition) is 0. The highest BCUT2D eigenvalue weighted by Gasteiger charge is 1.99. The van der Waals surface area contributed by atoms with Crippen molar-refractivity contribution in [3.63, 3.8) is 0 Å². The predicted octanol–water partition coefficient (Wildman–Crippen LogP) is 1.86. The van der Waals surface area contributed by atoms with Crippen molar-refractivity contribution in [2.75, 3.05) is 7.11 Å². The van der Waals surface area contributed by atoms with Gasteiger partial charge in [-0.1, -0.05) is 6.92 Å². The summed E-state index contributed by atoms with van der Waals surface area (Å²) in [5.74, 6) is 0.858. The molecule has 0 atom stereocenters. The van der Waals surface area contributed by atoms with Crippen molar-refractivity contribution in [2.24, 2.45) is 0 Å². The highest BCUT2D eigenvalue weighted by Crippen LogP contribution is 2.15. The van der Waals surface area contributed by atoms with E-state index in [1.165, 1.54) is 0 Å². The highest BCUT2D eigenvalue weighted by atomic mass is 16.5. The van der Waals surface area contributed by atoms with Crippen LogP contribution in [0.15, 0.2) is 18.3 Å². The number of methoxy groups -OCH3 is 1. The molecule has 1 aromatic heterocycles. The number of nitrogens with zero attached hydrogens (tertiary/aromatic N) is 1. The zero-order valence-corrected chi connectivity index (χ0v) is 6.71. The van der Waals surface area contributed by atoms with Gasteiger partial charge in [-0.05, 0) is 25.0 Å². The molecule has 1 heterocycles. The molecule has 0 saturated heterocycles. The maximum absolute atomic E-state index is 5.11. The summed E-state index contributed by atoms with van der Waals surface area (Å²) < 4.78 is 5.11. The van der Waals surface area contributed by atoms with Crippen LogP contribution in [0.2, 0.25) is 0 Å². The first-order valence-electron chi connectivity index (χ1n) is 3.65. The van der Waals surface area contributed by atoms with Crippen LogP contribution >= 0.6 is 0 Å². The molecule has 1 rings (SSSR count). The summed E-state index contributed by atoms with van der Waals surface area (Å²) in [5.41, 5.74) is 0.991.